The molecule has 4 amide bonds. The van der Waals surface area contributed by atoms with Crippen molar-refractivity contribution in [1.82, 2.24) is 20.0 Å². The van der Waals surface area contributed by atoms with Crippen molar-refractivity contribution in [1.29, 1.82) is 0 Å². The maximum atomic E-state index is 12.3. The van der Waals surface area contributed by atoms with Gasteiger partial charge in [0.1, 0.15) is 6.04 Å². The summed E-state index contributed by atoms with van der Waals surface area (Å²) < 4.78 is 4.84. The highest BCUT2D eigenvalue weighted by atomic mass is 16.5. The standard InChI is InChI=1S/C27H38N4O5/c1-19-3-4-22(15-23(19)17-31(18-32)24-5-6-25(33)28-26(24)34)21-9-11-29(12-10-21)16-20-7-13-30(14-8-20)27(35)36-2/h3-4,15,18,20-21,24H,5-14,16-17H2,1-2H3,(H,28,33,34). The van der Waals surface area contributed by atoms with E-state index in [2.05, 4.69) is 28.4 Å². The fourth-order valence-electron chi connectivity index (χ4n) is 5.77. The zero-order valence-electron chi connectivity index (χ0n) is 21.4. The van der Waals surface area contributed by atoms with Gasteiger partial charge in [0.05, 0.1) is 7.11 Å². The Bertz CT molecular complexity index is 967. The van der Waals surface area contributed by atoms with E-state index in [0.717, 1.165) is 75.9 Å². The summed E-state index contributed by atoms with van der Waals surface area (Å²) in [6.07, 6.45) is 5.35. The van der Waals surface area contributed by atoms with E-state index >= 15 is 0 Å². The normalized spacial score (nSPS) is 22.3. The minimum absolute atomic E-state index is 0.222. The average molecular weight is 499 g/mol. The number of piperidine rings is 3. The molecule has 1 aromatic rings. The van der Waals surface area contributed by atoms with Crippen molar-refractivity contribution in [2.24, 2.45) is 5.92 Å². The third-order valence-corrected chi connectivity index (χ3v) is 8.09. The summed E-state index contributed by atoms with van der Waals surface area (Å²) in [5.41, 5.74) is 3.42. The van der Waals surface area contributed by atoms with Gasteiger partial charge in [-0.1, -0.05) is 18.2 Å². The number of benzene rings is 1. The number of hydrogen-bond acceptors (Lipinski definition) is 6. The zero-order chi connectivity index (χ0) is 25.7. The molecule has 1 N–H and O–H groups in total. The van der Waals surface area contributed by atoms with Gasteiger partial charge in [0.15, 0.2) is 0 Å². The first-order chi connectivity index (χ1) is 17.4. The van der Waals surface area contributed by atoms with Gasteiger partial charge in [-0.15, -0.1) is 0 Å². The van der Waals surface area contributed by atoms with Crippen LogP contribution < -0.4 is 5.32 Å². The smallest absolute Gasteiger partial charge is 0.409 e. The molecule has 4 rings (SSSR count). The third-order valence-electron chi connectivity index (χ3n) is 8.09. The number of ether oxygens (including phenoxy) is 1. The molecule has 3 saturated heterocycles. The molecule has 0 spiro atoms. The molecular formula is C27H38N4O5. The van der Waals surface area contributed by atoms with Crippen LogP contribution in [0.1, 0.15) is 61.1 Å². The Morgan fingerprint density at radius 3 is 2.47 bits per heavy atom. The molecule has 1 atom stereocenters. The molecule has 196 valence electrons. The molecule has 36 heavy (non-hydrogen) atoms. The van der Waals surface area contributed by atoms with Crippen molar-refractivity contribution in [3.63, 3.8) is 0 Å². The Morgan fingerprint density at radius 2 is 1.83 bits per heavy atom. The Labute approximate surface area is 213 Å². The summed E-state index contributed by atoms with van der Waals surface area (Å²) in [5, 5.41) is 2.34. The van der Waals surface area contributed by atoms with Gasteiger partial charge >= 0.3 is 6.09 Å². The van der Waals surface area contributed by atoms with Crippen LogP contribution in [-0.2, 0) is 25.7 Å². The number of imide groups is 1. The van der Waals surface area contributed by atoms with Crippen molar-refractivity contribution < 1.29 is 23.9 Å². The summed E-state index contributed by atoms with van der Waals surface area (Å²) in [4.78, 5) is 53.2. The highest BCUT2D eigenvalue weighted by molar-refractivity contribution is 6.00. The molecule has 3 heterocycles. The molecule has 3 aliphatic heterocycles. The topological polar surface area (TPSA) is 99.3 Å². The molecular weight excluding hydrogens is 460 g/mol. The molecule has 1 unspecified atom stereocenters. The molecule has 0 radical (unpaired) electrons. The second kappa shape index (κ2) is 11.9. The summed E-state index contributed by atoms with van der Waals surface area (Å²) in [6.45, 7) is 7.14. The van der Waals surface area contributed by atoms with E-state index in [4.69, 9.17) is 4.74 Å². The first kappa shape index (κ1) is 26.1. The Balaban J connectivity index is 1.30. The number of rotatable bonds is 7. The van der Waals surface area contributed by atoms with Crippen LogP contribution in [0.25, 0.3) is 0 Å². The molecule has 9 nitrogen and oxygen atoms in total. The second-order valence-corrected chi connectivity index (χ2v) is 10.4. The van der Waals surface area contributed by atoms with Crippen LogP contribution in [0.4, 0.5) is 4.79 Å². The van der Waals surface area contributed by atoms with E-state index in [1.54, 1.807) is 4.90 Å². The SMILES string of the molecule is COC(=O)N1CCC(CN2CCC(c3ccc(C)c(CN(C=O)C4CCC(=O)NC4=O)c3)CC2)CC1. The maximum Gasteiger partial charge on any atom is 0.409 e. The molecule has 0 bridgehead atoms. The van der Waals surface area contributed by atoms with E-state index in [0.29, 0.717) is 24.8 Å². The summed E-state index contributed by atoms with van der Waals surface area (Å²) >= 11 is 0. The molecule has 0 saturated carbocycles. The van der Waals surface area contributed by atoms with Crippen LogP contribution in [0.2, 0.25) is 0 Å². The van der Waals surface area contributed by atoms with Crippen LogP contribution in [0.15, 0.2) is 18.2 Å². The lowest BCUT2D eigenvalue weighted by Crippen LogP contribution is -2.51. The number of carbonyl (C=O) groups excluding carboxylic acids is 4. The van der Waals surface area contributed by atoms with E-state index < -0.39 is 11.9 Å². The number of nitrogens with zero attached hydrogens (tertiary/aromatic N) is 3. The van der Waals surface area contributed by atoms with Gasteiger partial charge in [-0.3, -0.25) is 19.7 Å². The Kier molecular flexibility index (Phi) is 8.61. The number of likely N-dealkylation sites (tertiary alicyclic amines) is 2. The van der Waals surface area contributed by atoms with E-state index in [1.807, 2.05) is 6.92 Å². The van der Waals surface area contributed by atoms with Gasteiger partial charge in [-0.2, -0.15) is 0 Å². The van der Waals surface area contributed by atoms with Gasteiger partial charge in [0.25, 0.3) is 0 Å². The third kappa shape index (κ3) is 6.24. The summed E-state index contributed by atoms with van der Waals surface area (Å²) in [6, 6.07) is 5.89. The predicted octanol–water partition coefficient (Wildman–Crippen LogP) is 2.42. The molecule has 3 aliphatic rings. The lowest BCUT2D eigenvalue weighted by molar-refractivity contribution is -0.141. The van der Waals surface area contributed by atoms with Crippen molar-refractivity contribution >= 4 is 24.3 Å². The molecule has 3 fully saturated rings. The van der Waals surface area contributed by atoms with Crippen LogP contribution in [0, 0.1) is 12.8 Å². The minimum atomic E-state index is -0.606. The van der Waals surface area contributed by atoms with Crippen LogP contribution >= 0.6 is 0 Å². The molecule has 1 aromatic carbocycles. The van der Waals surface area contributed by atoms with E-state index in [-0.39, 0.29) is 18.4 Å². The van der Waals surface area contributed by atoms with Gasteiger partial charge in [0, 0.05) is 32.6 Å². The van der Waals surface area contributed by atoms with Gasteiger partial charge < -0.3 is 19.4 Å². The first-order valence-electron chi connectivity index (χ1n) is 13.1. The number of hydrogen-bond donors (Lipinski definition) is 1. The summed E-state index contributed by atoms with van der Waals surface area (Å²) in [5.74, 6) is 0.422. The number of methoxy groups -OCH3 is 1. The van der Waals surface area contributed by atoms with Crippen LogP contribution in [-0.4, -0.2) is 84.9 Å². The molecule has 0 aliphatic carbocycles. The monoisotopic (exact) mass is 498 g/mol. The van der Waals surface area contributed by atoms with Crippen LogP contribution in [0.3, 0.4) is 0 Å². The second-order valence-electron chi connectivity index (χ2n) is 10.4. The molecule has 0 aromatic heterocycles. The minimum Gasteiger partial charge on any atom is -0.453 e. The van der Waals surface area contributed by atoms with E-state index in [9.17, 15) is 19.2 Å². The van der Waals surface area contributed by atoms with Crippen molar-refractivity contribution in [2.45, 2.75) is 64.0 Å². The quantitative estimate of drug-likeness (QED) is 0.458. The number of amides is 4. The lowest BCUT2D eigenvalue weighted by atomic mass is 9.86. The predicted molar refractivity (Wildman–Crippen MR) is 134 cm³/mol. The van der Waals surface area contributed by atoms with Crippen molar-refractivity contribution in [3.05, 3.63) is 34.9 Å². The van der Waals surface area contributed by atoms with E-state index in [1.165, 1.54) is 17.6 Å². The van der Waals surface area contributed by atoms with Crippen molar-refractivity contribution in [2.75, 3.05) is 39.8 Å². The Morgan fingerprint density at radius 1 is 1.11 bits per heavy atom. The van der Waals surface area contributed by atoms with Gasteiger partial charge in [0.2, 0.25) is 18.2 Å². The first-order valence-corrected chi connectivity index (χ1v) is 13.1. The van der Waals surface area contributed by atoms with Gasteiger partial charge in [-0.05, 0) is 80.6 Å². The fraction of sp³-hybridized carbons (Fsp3) is 0.630. The van der Waals surface area contributed by atoms with Gasteiger partial charge in [-0.25, -0.2) is 4.79 Å². The van der Waals surface area contributed by atoms with Crippen LogP contribution in [0.5, 0.6) is 0 Å². The van der Waals surface area contributed by atoms with Crippen molar-refractivity contribution in [3.8, 4) is 0 Å². The lowest BCUT2D eigenvalue weighted by Gasteiger charge is -2.37. The number of carbonyl (C=O) groups is 4. The average Bonchev–Trinajstić information content (AvgIpc) is 2.89. The Hall–Kier alpha value is -2.94. The summed E-state index contributed by atoms with van der Waals surface area (Å²) in [7, 11) is 1.44. The largest absolute Gasteiger partial charge is 0.453 e. The highest BCUT2D eigenvalue weighted by Gasteiger charge is 2.32. The zero-order valence-corrected chi connectivity index (χ0v) is 21.4. The molecule has 9 heteroatoms. The number of aryl methyl sites for hydroxylation is 1. The fourth-order valence-corrected chi connectivity index (χ4v) is 5.77. The highest BCUT2D eigenvalue weighted by Crippen LogP contribution is 2.31. The maximum absolute atomic E-state index is 12.3. The number of nitrogens with one attached hydrogen (secondary N) is 1.